The van der Waals surface area contributed by atoms with Gasteiger partial charge < -0.3 is 10.2 Å². The summed E-state index contributed by atoms with van der Waals surface area (Å²) < 4.78 is 0. The lowest BCUT2D eigenvalue weighted by atomic mass is 10.1. The predicted octanol–water partition coefficient (Wildman–Crippen LogP) is 15.2. The van der Waals surface area contributed by atoms with Crippen LogP contribution >= 0.6 is 0 Å². The van der Waals surface area contributed by atoms with E-state index >= 15 is 0 Å². The molecule has 0 atom stereocenters. The lowest BCUT2D eigenvalue weighted by Crippen LogP contribution is -1.84. The van der Waals surface area contributed by atoms with Crippen molar-refractivity contribution in [2.75, 3.05) is 13.2 Å². The average molecular weight is 649 g/mol. The van der Waals surface area contributed by atoms with Crippen molar-refractivity contribution in [3.05, 3.63) is 24.3 Å². The zero-order chi connectivity index (χ0) is 33.7. The molecular weight excluding hydrogens is 560 g/mol. The molecule has 276 valence electrons. The fourth-order valence-corrected chi connectivity index (χ4v) is 6.13. The zero-order valence-electron chi connectivity index (χ0n) is 32.1. The van der Waals surface area contributed by atoms with Gasteiger partial charge in [-0.2, -0.15) is 0 Å². The van der Waals surface area contributed by atoms with E-state index in [9.17, 15) is 0 Å². The molecular formula is C44H88O2. The van der Waals surface area contributed by atoms with Crippen LogP contribution < -0.4 is 0 Å². The minimum absolute atomic E-state index is 0.368. The van der Waals surface area contributed by atoms with Gasteiger partial charge in [0.05, 0.1) is 0 Å². The monoisotopic (exact) mass is 649 g/mol. The maximum Gasteiger partial charge on any atom is 0.0431 e. The van der Waals surface area contributed by atoms with Crippen LogP contribution in [0.25, 0.3) is 0 Å². The van der Waals surface area contributed by atoms with Gasteiger partial charge in [0.15, 0.2) is 0 Å². The first-order chi connectivity index (χ1) is 22.8. The summed E-state index contributed by atoms with van der Waals surface area (Å²) in [6.07, 6.45) is 58.3. The Hall–Kier alpha value is -0.600. The van der Waals surface area contributed by atoms with Crippen molar-refractivity contribution in [1.29, 1.82) is 0 Å². The molecule has 0 aliphatic heterocycles. The quantitative estimate of drug-likeness (QED) is 0.0516. The Morgan fingerprint density at radius 1 is 0.239 bits per heavy atom. The minimum atomic E-state index is 0.368. The van der Waals surface area contributed by atoms with Crippen LogP contribution in [0.2, 0.25) is 0 Å². The van der Waals surface area contributed by atoms with Crippen molar-refractivity contribution in [3.63, 3.8) is 0 Å². The molecule has 0 radical (unpaired) electrons. The van der Waals surface area contributed by atoms with Gasteiger partial charge >= 0.3 is 0 Å². The summed E-state index contributed by atoms with van der Waals surface area (Å²) in [6, 6.07) is 0. The van der Waals surface area contributed by atoms with E-state index in [1.807, 2.05) is 0 Å². The summed E-state index contributed by atoms with van der Waals surface area (Å²) in [5.41, 5.74) is 0. The minimum Gasteiger partial charge on any atom is -0.396 e. The number of aliphatic hydroxyl groups is 2. The van der Waals surface area contributed by atoms with Gasteiger partial charge in [0, 0.05) is 13.2 Å². The molecule has 2 nitrogen and oxygen atoms in total. The fourth-order valence-electron chi connectivity index (χ4n) is 6.13. The molecule has 0 aromatic heterocycles. The van der Waals surface area contributed by atoms with Crippen LogP contribution in [0, 0.1) is 0 Å². The normalized spacial score (nSPS) is 11.6. The van der Waals surface area contributed by atoms with Gasteiger partial charge in [-0.25, -0.2) is 0 Å². The van der Waals surface area contributed by atoms with Crippen LogP contribution in [0.1, 0.15) is 245 Å². The van der Waals surface area contributed by atoms with Crippen LogP contribution in [0.3, 0.4) is 0 Å². The molecule has 0 aliphatic carbocycles. The molecule has 0 saturated carbocycles. The molecule has 0 saturated heterocycles. The van der Waals surface area contributed by atoms with Crippen molar-refractivity contribution in [1.82, 2.24) is 0 Å². The van der Waals surface area contributed by atoms with E-state index in [0.29, 0.717) is 13.2 Å². The van der Waals surface area contributed by atoms with Gasteiger partial charge in [0.25, 0.3) is 0 Å². The molecule has 0 fully saturated rings. The number of unbranched alkanes of at least 4 members (excludes halogenated alkanes) is 32. The second kappa shape index (κ2) is 48.8. The van der Waals surface area contributed by atoms with Crippen LogP contribution in [-0.2, 0) is 0 Å². The van der Waals surface area contributed by atoms with Crippen molar-refractivity contribution >= 4 is 0 Å². The summed E-state index contributed by atoms with van der Waals surface area (Å²) in [6.45, 7) is 5.30. The van der Waals surface area contributed by atoms with E-state index in [4.69, 9.17) is 10.2 Å². The molecule has 2 heteroatoms. The van der Waals surface area contributed by atoms with E-state index in [1.165, 1.54) is 218 Å². The molecule has 0 bridgehead atoms. The average Bonchev–Trinajstić information content (AvgIpc) is 3.07. The van der Waals surface area contributed by atoms with Crippen LogP contribution in [0.15, 0.2) is 24.3 Å². The molecule has 0 aromatic rings. The third-order valence-corrected chi connectivity index (χ3v) is 9.34. The summed E-state index contributed by atoms with van der Waals surface area (Å²) >= 11 is 0. The molecule has 0 spiro atoms. The highest BCUT2D eigenvalue weighted by Gasteiger charge is 1.94. The Morgan fingerprint density at radius 2 is 0.413 bits per heavy atom. The molecule has 0 heterocycles. The van der Waals surface area contributed by atoms with Crippen LogP contribution in [-0.4, -0.2) is 23.4 Å². The van der Waals surface area contributed by atoms with Gasteiger partial charge in [-0.1, -0.05) is 205 Å². The summed E-state index contributed by atoms with van der Waals surface area (Å²) in [7, 11) is 0. The third-order valence-electron chi connectivity index (χ3n) is 9.34. The van der Waals surface area contributed by atoms with E-state index in [0.717, 1.165) is 12.8 Å². The zero-order valence-corrected chi connectivity index (χ0v) is 32.1. The van der Waals surface area contributed by atoms with E-state index in [2.05, 4.69) is 38.2 Å². The molecule has 0 aromatic carbocycles. The molecule has 2 N–H and O–H groups in total. The number of allylic oxidation sites excluding steroid dienone is 4. The highest BCUT2D eigenvalue weighted by Crippen LogP contribution is 2.14. The first kappa shape index (κ1) is 47.5. The number of hydrogen-bond donors (Lipinski definition) is 2. The second-order valence-electron chi connectivity index (χ2n) is 14.2. The fraction of sp³-hybridized carbons (Fsp3) is 0.909. The highest BCUT2D eigenvalue weighted by molar-refractivity contribution is 4.82. The second-order valence-corrected chi connectivity index (χ2v) is 14.2. The number of hydrogen-bond acceptors (Lipinski definition) is 2. The lowest BCUT2D eigenvalue weighted by Gasteiger charge is -2.01. The molecule has 0 rings (SSSR count). The Balaban J connectivity index is 0. The first-order valence-electron chi connectivity index (χ1n) is 21.3. The Bertz CT molecular complexity index is 492. The van der Waals surface area contributed by atoms with Crippen LogP contribution in [0.5, 0.6) is 0 Å². The van der Waals surface area contributed by atoms with Gasteiger partial charge in [-0.15, -0.1) is 0 Å². The number of rotatable bonds is 38. The van der Waals surface area contributed by atoms with Gasteiger partial charge in [0.1, 0.15) is 0 Å². The van der Waals surface area contributed by atoms with Gasteiger partial charge in [-0.3, -0.25) is 0 Å². The van der Waals surface area contributed by atoms with Crippen molar-refractivity contribution in [2.45, 2.75) is 245 Å². The Morgan fingerprint density at radius 3 is 0.609 bits per heavy atom. The van der Waals surface area contributed by atoms with Crippen molar-refractivity contribution < 1.29 is 10.2 Å². The maximum absolute atomic E-state index is 8.71. The number of aliphatic hydroxyl groups excluding tert-OH is 2. The van der Waals surface area contributed by atoms with E-state index < -0.39 is 0 Å². The Kier molecular flexibility index (Phi) is 50.4. The van der Waals surface area contributed by atoms with Gasteiger partial charge in [0.2, 0.25) is 0 Å². The SMILES string of the molecule is CCCCCCCC/C=C\CCCCCCCCCCCCO.CCCCCCCC/C=C\CCCCCCCCCCCCO. The van der Waals surface area contributed by atoms with Crippen molar-refractivity contribution in [2.24, 2.45) is 0 Å². The summed E-state index contributed by atoms with van der Waals surface area (Å²) in [5.74, 6) is 0. The van der Waals surface area contributed by atoms with Crippen LogP contribution in [0.4, 0.5) is 0 Å². The summed E-state index contributed by atoms with van der Waals surface area (Å²) in [4.78, 5) is 0. The Labute approximate surface area is 292 Å². The summed E-state index contributed by atoms with van der Waals surface area (Å²) in [5, 5.41) is 17.4. The smallest absolute Gasteiger partial charge is 0.0431 e. The molecule has 46 heavy (non-hydrogen) atoms. The molecule has 0 amide bonds. The topological polar surface area (TPSA) is 40.5 Å². The van der Waals surface area contributed by atoms with Gasteiger partial charge in [-0.05, 0) is 64.2 Å². The van der Waals surface area contributed by atoms with E-state index in [1.54, 1.807) is 0 Å². The predicted molar refractivity (Wildman–Crippen MR) is 210 cm³/mol. The maximum atomic E-state index is 8.71. The molecule has 0 unspecified atom stereocenters. The highest BCUT2D eigenvalue weighted by atomic mass is 16.3. The lowest BCUT2D eigenvalue weighted by molar-refractivity contribution is 0.282. The van der Waals surface area contributed by atoms with Crippen molar-refractivity contribution in [3.8, 4) is 0 Å². The third kappa shape index (κ3) is 50.3. The first-order valence-corrected chi connectivity index (χ1v) is 21.3. The van der Waals surface area contributed by atoms with E-state index in [-0.39, 0.29) is 0 Å². The molecule has 0 aliphatic rings. The largest absolute Gasteiger partial charge is 0.396 e. The standard InChI is InChI=1S/2C22H44O/c2*1-2-3-4-5-6-7-8-9-10-11-12-13-14-15-16-17-18-19-20-21-22-23/h2*9-10,23H,2-8,11-22H2,1H3/b2*10-9-.